The van der Waals surface area contributed by atoms with Crippen LogP contribution in [0.5, 0.6) is 0 Å². The van der Waals surface area contributed by atoms with E-state index in [4.69, 9.17) is 0 Å². The normalized spacial score (nSPS) is 10.3. The number of hydrogen-bond acceptors (Lipinski definition) is 5. The van der Waals surface area contributed by atoms with E-state index in [2.05, 4.69) is 37.6 Å². The van der Waals surface area contributed by atoms with Crippen molar-refractivity contribution in [3.05, 3.63) is 66.4 Å². The summed E-state index contributed by atoms with van der Waals surface area (Å²) in [5, 5.41) is 6.58. The molecule has 0 atom stereocenters. The number of hydrogen-bond donors (Lipinski definition) is 2. The number of para-hydroxylation sites is 1. The fraction of sp³-hybridized carbons (Fsp3) is 0.158. The molecule has 0 amide bonds. The second-order valence-electron chi connectivity index (χ2n) is 5.78. The van der Waals surface area contributed by atoms with E-state index >= 15 is 0 Å². The molecule has 24 heavy (non-hydrogen) atoms. The first-order valence-electron chi connectivity index (χ1n) is 7.82. The topological polar surface area (TPSA) is 53.1 Å². The Kier molecular flexibility index (Phi) is 4.61. The number of aryl methyl sites for hydroxylation is 1. The molecule has 5 heteroatoms. The molecular weight excluding hydrogens is 298 g/mol. The number of aromatic nitrogens is 2. The van der Waals surface area contributed by atoms with E-state index in [1.807, 2.05) is 69.6 Å². The lowest BCUT2D eigenvalue weighted by atomic mass is 10.2. The van der Waals surface area contributed by atoms with Gasteiger partial charge in [0.15, 0.2) is 0 Å². The quantitative estimate of drug-likeness (QED) is 0.733. The molecule has 0 bridgehead atoms. The predicted molar refractivity (Wildman–Crippen MR) is 101 cm³/mol. The van der Waals surface area contributed by atoms with Crippen LogP contribution < -0.4 is 15.5 Å². The molecule has 1 heterocycles. The Morgan fingerprint density at radius 1 is 0.792 bits per heavy atom. The molecule has 122 valence electrons. The molecule has 0 aliphatic rings. The fourth-order valence-corrected chi connectivity index (χ4v) is 2.35. The highest BCUT2D eigenvalue weighted by atomic mass is 15.1. The summed E-state index contributed by atoms with van der Waals surface area (Å²) in [6.45, 7) is 1.96. The van der Waals surface area contributed by atoms with Gasteiger partial charge in [0.2, 0.25) is 5.95 Å². The lowest BCUT2D eigenvalue weighted by molar-refractivity contribution is 1.10. The molecule has 1 aromatic heterocycles. The van der Waals surface area contributed by atoms with Crippen molar-refractivity contribution >= 4 is 28.8 Å². The summed E-state index contributed by atoms with van der Waals surface area (Å²) in [6, 6.07) is 20.0. The van der Waals surface area contributed by atoms with Gasteiger partial charge < -0.3 is 15.5 Å². The molecule has 0 aliphatic heterocycles. The molecule has 0 saturated carbocycles. The average molecular weight is 319 g/mol. The zero-order valence-corrected chi connectivity index (χ0v) is 14.1. The first-order chi connectivity index (χ1) is 11.6. The van der Waals surface area contributed by atoms with Gasteiger partial charge in [-0.15, -0.1) is 0 Å². The minimum atomic E-state index is 0.573. The number of anilines is 5. The van der Waals surface area contributed by atoms with E-state index in [0.717, 1.165) is 28.6 Å². The molecule has 2 N–H and O–H groups in total. The van der Waals surface area contributed by atoms with Crippen LogP contribution in [0.4, 0.5) is 28.8 Å². The standard InChI is InChI=1S/C19H21N5/c1-14-12-18(21-15-8-5-4-6-9-15)23-19(20-14)22-16-10-7-11-17(13-16)24(2)3/h4-13H,1-3H3,(H2,20,21,22,23). The summed E-state index contributed by atoms with van der Waals surface area (Å²) in [5.74, 6) is 1.34. The summed E-state index contributed by atoms with van der Waals surface area (Å²) >= 11 is 0. The van der Waals surface area contributed by atoms with Crippen molar-refractivity contribution in [1.82, 2.24) is 9.97 Å². The molecule has 0 aliphatic carbocycles. The van der Waals surface area contributed by atoms with E-state index in [1.54, 1.807) is 0 Å². The van der Waals surface area contributed by atoms with Gasteiger partial charge in [-0.25, -0.2) is 4.98 Å². The van der Waals surface area contributed by atoms with Gasteiger partial charge in [-0.05, 0) is 37.3 Å². The summed E-state index contributed by atoms with van der Waals surface area (Å²) in [5.41, 5.74) is 3.97. The summed E-state index contributed by atoms with van der Waals surface area (Å²) < 4.78 is 0. The molecule has 0 unspecified atom stereocenters. The van der Waals surface area contributed by atoms with Gasteiger partial charge in [-0.2, -0.15) is 4.98 Å². The maximum atomic E-state index is 4.55. The van der Waals surface area contributed by atoms with Gasteiger partial charge in [0, 0.05) is 42.9 Å². The molecule has 3 rings (SSSR count). The first kappa shape index (κ1) is 15.8. The zero-order valence-electron chi connectivity index (χ0n) is 14.1. The van der Waals surface area contributed by atoms with Crippen molar-refractivity contribution in [2.45, 2.75) is 6.92 Å². The fourth-order valence-electron chi connectivity index (χ4n) is 2.35. The Morgan fingerprint density at radius 2 is 1.54 bits per heavy atom. The number of benzene rings is 2. The maximum absolute atomic E-state index is 4.55. The van der Waals surface area contributed by atoms with Crippen LogP contribution in [0.25, 0.3) is 0 Å². The highest BCUT2D eigenvalue weighted by Gasteiger charge is 2.04. The summed E-state index contributed by atoms with van der Waals surface area (Å²) in [6.07, 6.45) is 0. The summed E-state index contributed by atoms with van der Waals surface area (Å²) in [7, 11) is 4.04. The second-order valence-corrected chi connectivity index (χ2v) is 5.78. The average Bonchev–Trinajstić information content (AvgIpc) is 2.55. The van der Waals surface area contributed by atoms with Crippen LogP contribution in [-0.4, -0.2) is 24.1 Å². The SMILES string of the molecule is Cc1cc(Nc2ccccc2)nc(Nc2cccc(N(C)C)c2)n1. The van der Waals surface area contributed by atoms with Crippen LogP contribution in [0, 0.1) is 6.92 Å². The van der Waals surface area contributed by atoms with Crippen LogP contribution in [0.2, 0.25) is 0 Å². The van der Waals surface area contributed by atoms with Crippen molar-refractivity contribution in [3.63, 3.8) is 0 Å². The van der Waals surface area contributed by atoms with Crippen molar-refractivity contribution in [2.75, 3.05) is 29.6 Å². The molecule has 0 spiro atoms. The van der Waals surface area contributed by atoms with Crippen molar-refractivity contribution in [1.29, 1.82) is 0 Å². The third-order valence-corrected chi connectivity index (χ3v) is 3.52. The molecule has 3 aromatic rings. The minimum Gasteiger partial charge on any atom is -0.378 e. The highest BCUT2D eigenvalue weighted by Crippen LogP contribution is 2.22. The highest BCUT2D eigenvalue weighted by molar-refractivity contribution is 5.63. The predicted octanol–water partition coefficient (Wildman–Crippen LogP) is 4.34. The van der Waals surface area contributed by atoms with E-state index in [0.29, 0.717) is 5.95 Å². The van der Waals surface area contributed by atoms with Crippen molar-refractivity contribution in [2.24, 2.45) is 0 Å². The smallest absolute Gasteiger partial charge is 0.229 e. The molecule has 2 aromatic carbocycles. The van der Waals surface area contributed by atoms with Gasteiger partial charge in [0.1, 0.15) is 5.82 Å². The molecule has 0 radical (unpaired) electrons. The molecular formula is C19H21N5. The van der Waals surface area contributed by atoms with Gasteiger partial charge in [-0.1, -0.05) is 24.3 Å². The number of nitrogens with zero attached hydrogens (tertiary/aromatic N) is 3. The number of nitrogens with one attached hydrogen (secondary N) is 2. The van der Waals surface area contributed by atoms with Crippen LogP contribution in [0.1, 0.15) is 5.69 Å². The van der Waals surface area contributed by atoms with Crippen LogP contribution in [0.15, 0.2) is 60.7 Å². The molecule has 5 nitrogen and oxygen atoms in total. The van der Waals surface area contributed by atoms with E-state index in [1.165, 1.54) is 0 Å². The number of rotatable bonds is 5. The lowest BCUT2D eigenvalue weighted by Gasteiger charge is -2.14. The first-order valence-corrected chi connectivity index (χ1v) is 7.82. The Hall–Kier alpha value is -3.08. The van der Waals surface area contributed by atoms with Crippen molar-refractivity contribution < 1.29 is 0 Å². The Balaban J connectivity index is 1.82. The Bertz CT molecular complexity index is 815. The Morgan fingerprint density at radius 3 is 2.29 bits per heavy atom. The molecule has 0 saturated heterocycles. The second kappa shape index (κ2) is 7.00. The van der Waals surface area contributed by atoms with Gasteiger partial charge in [0.25, 0.3) is 0 Å². The monoisotopic (exact) mass is 319 g/mol. The van der Waals surface area contributed by atoms with Gasteiger partial charge >= 0.3 is 0 Å². The van der Waals surface area contributed by atoms with Crippen LogP contribution in [0.3, 0.4) is 0 Å². The summed E-state index contributed by atoms with van der Waals surface area (Å²) in [4.78, 5) is 11.1. The Labute approximate surface area is 142 Å². The largest absolute Gasteiger partial charge is 0.378 e. The minimum absolute atomic E-state index is 0.573. The van der Waals surface area contributed by atoms with Crippen LogP contribution in [-0.2, 0) is 0 Å². The van der Waals surface area contributed by atoms with E-state index < -0.39 is 0 Å². The van der Waals surface area contributed by atoms with Crippen LogP contribution >= 0.6 is 0 Å². The van der Waals surface area contributed by atoms with Crippen molar-refractivity contribution in [3.8, 4) is 0 Å². The van der Waals surface area contributed by atoms with E-state index in [-0.39, 0.29) is 0 Å². The third kappa shape index (κ3) is 4.01. The van der Waals surface area contributed by atoms with Gasteiger partial charge in [0.05, 0.1) is 0 Å². The van der Waals surface area contributed by atoms with E-state index in [9.17, 15) is 0 Å². The van der Waals surface area contributed by atoms with Gasteiger partial charge in [-0.3, -0.25) is 0 Å². The molecule has 0 fully saturated rings. The lowest BCUT2D eigenvalue weighted by Crippen LogP contribution is -2.09. The zero-order chi connectivity index (χ0) is 16.9. The maximum Gasteiger partial charge on any atom is 0.229 e. The third-order valence-electron chi connectivity index (χ3n) is 3.52.